The topological polar surface area (TPSA) is 83.3 Å². The van der Waals surface area contributed by atoms with Gasteiger partial charge in [0.25, 0.3) is 0 Å². The summed E-state index contributed by atoms with van der Waals surface area (Å²) in [7, 11) is 0. The fourth-order valence-corrected chi connectivity index (χ4v) is 2.98. The molecule has 1 saturated heterocycles. The average molecular weight is 323 g/mol. The van der Waals surface area contributed by atoms with Crippen molar-refractivity contribution < 1.29 is 9.90 Å². The maximum Gasteiger partial charge on any atom is 0.317 e. The molecular weight excluding hydrogens is 294 g/mol. The van der Waals surface area contributed by atoms with Crippen LogP contribution >= 0.6 is 0 Å². The van der Waals surface area contributed by atoms with Gasteiger partial charge in [-0.3, -0.25) is 0 Å². The Morgan fingerprint density at radius 3 is 2.52 bits per heavy atom. The van der Waals surface area contributed by atoms with Crippen LogP contribution in [0.2, 0.25) is 0 Å². The van der Waals surface area contributed by atoms with Crippen molar-refractivity contribution in [3.63, 3.8) is 0 Å². The van der Waals surface area contributed by atoms with Gasteiger partial charge >= 0.3 is 6.03 Å². The van der Waals surface area contributed by atoms with Crippen molar-refractivity contribution in [2.75, 3.05) is 13.1 Å². The first-order valence-electron chi connectivity index (χ1n) is 8.47. The van der Waals surface area contributed by atoms with E-state index in [0.29, 0.717) is 6.04 Å². The van der Waals surface area contributed by atoms with E-state index in [9.17, 15) is 9.90 Å². The number of urea groups is 1. The van der Waals surface area contributed by atoms with Gasteiger partial charge in [0.15, 0.2) is 0 Å². The predicted molar refractivity (Wildman–Crippen MR) is 88.0 cm³/mol. The van der Waals surface area contributed by atoms with Crippen LogP contribution in [0.25, 0.3) is 0 Å². The molecule has 7 nitrogen and oxygen atoms in total. The zero-order valence-corrected chi connectivity index (χ0v) is 14.4. The third-order valence-corrected chi connectivity index (χ3v) is 4.41. The predicted octanol–water partition coefficient (Wildman–Crippen LogP) is 1.95. The third-order valence-electron chi connectivity index (χ3n) is 4.41. The first kappa shape index (κ1) is 17.7. The molecule has 0 bridgehead atoms. The molecule has 0 spiro atoms. The van der Waals surface area contributed by atoms with Crippen LogP contribution in [0.3, 0.4) is 0 Å². The van der Waals surface area contributed by atoms with Crippen LogP contribution in [0.1, 0.15) is 58.9 Å². The van der Waals surface area contributed by atoms with Crippen LogP contribution in [-0.2, 0) is 0 Å². The fraction of sp³-hybridized carbons (Fsp3) is 0.812. The lowest BCUT2D eigenvalue weighted by Crippen LogP contribution is -2.47. The Labute approximate surface area is 138 Å². The number of amides is 2. The maximum atomic E-state index is 12.3. The molecule has 0 radical (unpaired) electrons. The highest BCUT2D eigenvalue weighted by atomic mass is 16.3. The SMILES string of the molecule is CC(CCCC(C)(C)O)NC(=O)N1CCC(n2cnnc2)CC1. The number of aliphatic hydroxyl groups is 1. The van der Waals surface area contributed by atoms with Gasteiger partial charge in [-0.05, 0) is 52.9 Å². The standard InChI is InChI=1S/C16H29N5O2/c1-13(5-4-8-16(2,3)23)19-15(22)20-9-6-14(7-10-20)21-11-17-18-12-21/h11-14,23H,4-10H2,1-3H3,(H,19,22). The number of carbonyl (C=O) groups is 1. The summed E-state index contributed by atoms with van der Waals surface area (Å²) in [5.74, 6) is 0. The van der Waals surface area contributed by atoms with Gasteiger partial charge in [-0.15, -0.1) is 10.2 Å². The Kier molecular flexibility index (Phi) is 5.98. The molecule has 1 aliphatic heterocycles. The number of hydrogen-bond acceptors (Lipinski definition) is 4. The van der Waals surface area contributed by atoms with Crippen molar-refractivity contribution in [3.8, 4) is 0 Å². The first-order valence-corrected chi connectivity index (χ1v) is 8.47. The molecular formula is C16H29N5O2. The molecule has 2 heterocycles. The van der Waals surface area contributed by atoms with Crippen molar-refractivity contribution >= 4 is 6.03 Å². The lowest BCUT2D eigenvalue weighted by molar-refractivity contribution is 0.0675. The zero-order chi connectivity index (χ0) is 16.9. The summed E-state index contributed by atoms with van der Waals surface area (Å²) in [6.07, 6.45) is 7.87. The minimum atomic E-state index is -0.631. The third kappa shape index (κ3) is 5.82. The Hall–Kier alpha value is -1.63. The summed E-state index contributed by atoms with van der Waals surface area (Å²) in [6, 6.07) is 0.529. The highest BCUT2D eigenvalue weighted by molar-refractivity contribution is 5.74. The highest BCUT2D eigenvalue weighted by Gasteiger charge is 2.24. The van der Waals surface area contributed by atoms with Gasteiger partial charge in [0.2, 0.25) is 0 Å². The second kappa shape index (κ2) is 7.77. The van der Waals surface area contributed by atoms with E-state index in [1.807, 2.05) is 30.2 Å². The summed E-state index contributed by atoms with van der Waals surface area (Å²) in [5.41, 5.74) is -0.631. The van der Waals surface area contributed by atoms with Gasteiger partial charge in [0.05, 0.1) is 5.60 Å². The van der Waals surface area contributed by atoms with Crippen LogP contribution < -0.4 is 5.32 Å². The van der Waals surface area contributed by atoms with Crippen LogP contribution in [-0.4, -0.2) is 55.5 Å². The Morgan fingerprint density at radius 1 is 1.35 bits per heavy atom. The van der Waals surface area contributed by atoms with E-state index in [1.165, 1.54) is 0 Å². The van der Waals surface area contributed by atoms with E-state index in [0.717, 1.165) is 45.2 Å². The van der Waals surface area contributed by atoms with Crippen molar-refractivity contribution in [3.05, 3.63) is 12.7 Å². The van der Waals surface area contributed by atoms with E-state index in [4.69, 9.17) is 0 Å². The van der Waals surface area contributed by atoms with Gasteiger partial charge in [-0.2, -0.15) is 0 Å². The Morgan fingerprint density at radius 2 is 1.96 bits per heavy atom. The molecule has 7 heteroatoms. The maximum absolute atomic E-state index is 12.3. The molecule has 1 fully saturated rings. The lowest BCUT2D eigenvalue weighted by Gasteiger charge is -2.33. The lowest BCUT2D eigenvalue weighted by atomic mass is 10.00. The summed E-state index contributed by atoms with van der Waals surface area (Å²) in [6.45, 7) is 7.16. The van der Waals surface area contributed by atoms with Crippen LogP contribution in [0.4, 0.5) is 4.79 Å². The van der Waals surface area contributed by atoms with Crippen molar-refractivity contribution in [2.24, 2.45) is 0 Å². The number of hydrogen-bond donors (Lipinski definition) is 2. The monoisotopic (exact) mass is 323 g/mol. The summed E-state index contributed by atoms with van der Waals surface area (Å²) >= 11 is 0. The molecule has 23 heavy (non-hydrogen) atoms. The molecule has 130 valence electrons. The molecule has 1 atom stereocenters. The van der Waals surface area contributed by atoms with Gasteiger partial charge in [-0.25, -0.2) is 4.79 Å². The first-order chi connectivity index (χ1) is 10.8. The number of piperidine rings is 1. The minimum absolute atomic E-state index is 0.0166. The zero-order valence-electron chi connectivity index (χ0n) is 14.4. The molecule has 0 aliphatic carbocycles. The summed E-state index contributed by atoms with van der Waals surface area (Å²) in [4.78, 5) is 14.2. The number of nitrogens with one attached hydrogen (secondary N) is 1. The number of carbonyl (C=O) groups excluding carboxylic acids is 1. The minimum Gasteiger partial charge on any atom is -0.390 e. The van der Waals surface area contributed by atoms with Crippen LogP contribution in [0, 0.1) is 0 Å². The molecule has 0 aromatic carbocycles. The smallest absolute Gasteiger partial charge is 0.317 e. The number of rotatable bonds is 6. The molecule has 2 amide bonds. The molecule has 1 aliphatic rings. The second-order valence-electron chi connectivity index (χ2n) is 7.18. The van der Waals surface area contributed by atoms with E-state index in [1.54, 1.807) is 12.7 Å². The second-order valence-corrected chi connectivity index (χ2v) is 7.18. The molecule has 1 aromatic heterocycles. The van der Waals surface area contributed by atoms with Gasteiger partial charge in [0.1, 0.15) is 12.7 Å². The van der Waals surface area contributed by atoms with Crippen LogP contribution in [0.15, 0.2) is 12.7 Å². The largest absolute Gasteiger partial charge is 0.390 e. The Balaban J connectivity index is 1.68. The molecule has 1 aromatic rings. The van der Waals surface area contributed by atoms with Crippen LogP contribution in [0.5, 0.6) is 0 Å². The fourth-order valence-electron chi connectivity index (χ4n) is 2.98. The van der Waals surface area contributed by atoms with E-state index in [2.05, 4.69) is 15.5 Å². The van der Waals surface area contributed by atoms with Gasteiger partial charge in [0, 0.05) is 25.2 Å². The van der Waals surface area contributed by atoms with E-state index in [-0.39, 0.29) is 12.1 Å². The highest BCUT2D eigenvalue weighted by Crippen LogP contribution is 2.21. The number of likely N-dealkylation sites (tertiary alicyclic amines) is 1. The summed E-state index contributed by atoms with van der Waals surface area (Å²) in [5, 5.41) is 20.5. The Bertz CT molecular complexity index is 475. The van der Waals surface area contributed by atoms with Crippen molar-refractivity contribution in [2.45, 2.75) is 70.6 Å². The molecule has 2 N–H and O–H groups in total. The van der Waals surface area contributed by atoms with Crippen molar-refractivity contribution in [1.82, 2.24) is 25.0 Å². The molecule has 1 unspecified atom stereocenters. The van der Waals surface area contributed by atoms with E-state index >= 15 is 0 Å². The molecule has 2 rings (SSSR count). The molecule has 0 saturated carbocycles. The number of aromatic nitrogens is 3. The van der Waals surface area contributed by atoms with E-state index < -0.39 is 5.60 Å². The number of nitrogens with zero attached hydrogens (tertiary/aromatic N) is 4. The van der Waals surface area contributed by atoms with Gasteiger partial charge < -0.3 is 19.9 Å². The van der Waals surface area contributed by atoms with Gasteiger partial charge in [-0.1, -0.05) is 0 Å². The normalized spacial score (nSPS) is 18.0. The quantitative estimate of drug-likeness (QED) is 0.838. The van der Waals surface area contributed by atoms with Crippen molar-refractivity contribution in [1.29, 1.82) is 0 Å². The average Bonchev–Trinajstić information content (AvgIpc) is 3.00. The summed E-state index contributed by atoms with van der Waals surface area (Å²) < 4.78 is 2.02.